The first-order valence-corrected chi connectivity index (χ1v) is 6.37. The van der Waals surface area contributed by atoms with Gasteiger partial charge in [0.2, 0.25) is 0 Å². The summed E-state index contributed by atoms with van der Waals surface area (Å²) >= 11 is 0. The molecule has 5 nitrogen and oxygen atoms in total. The fourth-order valence-corrected chi connectivity index (χ4v) is 1.80. The van der Waals surface area contributed by atoms with Crippen LogP contribution in [0.1, 0.15) is 37.6 Å². The normalized spacial score (nSPS) is 10.3. The van der Waals surface area contributed by atoms with E-state index in [-0.39, 0.29) is 17.6 Å². The third-order valence-electron chi connectivity index (χ3n) is 2.75. The van der Waals surface area contributed by atoms with E-state index in [4.69, 9.17) is 5.11 Å². The van der Waals surface area contributed by atoms with E-state index in [0.29, 0.717) is 12.2 Å². The molecular formula is C14H20N2O3. The van der Waals surface area contributed by atoms with Crippen LogP contribution in [-0.4, -0.2) is 34.6 Å². The number of nitrogens with one attached hydrogen (secondary N) is 1. The minimum absolute atomic E-state index is 0.0666. The molecule has 0 saturated heterocycles. The largest absolute Gasteiger partial charge is 0.478 e. The van der Waals surface area contributed by atoms with Gasteiger partial charge in [0.1, 0.15) is 0 Å². The summed E-state index contributed by atoms with van der Waals surface area (Å²) < 4.78 is 0. The van der Waals surface area contributed by atoms with E-state index in [2.05, 4.69) is 5.32 Å². The van der Waals surface area contributed by atoms with Gasteiger partial charge in [0.05, 0.1) is 11.3 Å². The highest BCUT2D eigenvalue weighted by molar-refractivity contribution is 6.00. The molecule has 0 bridgehead atoms. The Morgan fingerprint density at radius 1 is 1.32 bits per heavy atom. The van der Waals surface area contributed by atoms with Gasteiger partial charge in [-0.1, -0.05) is 19.1 Å². The molecule has 0 saturated carbocycles. The van der Waals surface area contributed by atoms with E-state index in [1.807, 2.05) is 20.8 Å². The number of carboxylic acid groups (broad SMARTS) is 1. The highest BCUT2D eigenvalue weighted by Gasteiger charge is 2.18. The summed E-state index contributed by atoms with van der Waals surface area (Å²) in [6.45, 7) is 6.49. The molecule has 0 spiro atoms. The Labute approximate surface area is 113 Å². The lowest BCUT2D eigenvalue weighted by atomic mass is 10.2. The number of carbonyl (C=O) groups is 2. The fraction of sp³-hybridized carbons (Fsp3) is 0.429. The molecule has 2 amide bonds. The van der Waals surface area contributed by atoms with Crippen LogP contribution in [0, 0.1) is 0 Å². The van der Waals surface area contributed by atoms with Crippen LogP contribution in [-0.2, 0) is 0 Å². The van der Waals surface area contributed by atoms with E-state index in [9.17, 15) is 9.59 Å². The monoisotopic (exact) mass is 264 g/mol. The number of aromatic carboxylic acids is 1. The van der Waals surface area contributed by atoms with Crippen LogP contribution >= 0.6 is 0 Å². The Morgan fingerprint density at radius 3 is 2.47 bits per heavy atom. The SMILES string of the molecule is CCCN(C(=O)Nc1ccccc1C(=O)O)C(C)C. The maximum Gasteiger partial charge on any atom is 0.337 e. The first-order valence-electron chi connectivity index (χ1n) is 6.37. The van der Waals surface area contributed by atoms with Crippen molar-refractivity contribution in [3.05, 3.63) is 29.8 Å². The molecule has 0 aromatic heterocycles. The summed E-state index contributed by atoms with van der Waals surface area (Å²) in [5.74, 6) is -1.05. The van der Waals surface area contributed by atoms with E-state index >= 15 is 0 Å². The Kier molecular flexibility index (Phi) is 5.36. The molecule has 2 N–H and O–H groups in total. The number of carbonyl (C=O) groups excluding carboxylic acids is 1. The number of anilines is 1. The van der Waals surface area contributed by atoms with E-state index in [0.717, 1.165) is 6.42 Å². The second-order valence-electron chi connectivity index (χ2n) is 4.57. The number of nitrogens with zero attached hydrogens (tertiary/aromatic N) is 1. The van der Waals surface area contributed by atoms with Crippen molar-refractivity contribution in [1.82, 2.24) is 4.90 Å². The quantitative estimate of drug-likeness (QED) is 0.858. The summed E-state index contributed by atoms with van der Waals surface area (Å²) in [5.41, 5.74) is 0.415. The van der Waals surface area contributed by atoms with E-state index in [1.165, 1.54) is 6.07 Å². The average molecular weight is 264 g/mol. The van der Waals surface area contributed by atoms with Gasteiger partial charge in [0.25, 0.3) is 0 Å². The van der Waals surface area contributed by atoms with Crippen molar-refractivity contribution in [3.8, 4) is 0 Å². The lowest BCUT2D eigenvalue weighted by Gasteiger charge is -2.26. The lowest BCUT2D eigenvalue weighted by Crippen LogP contribution is -2.40. The van der Waals surface area contributed by atoms with Crippen LogP contribution in [0.2, 0.25) is 0 Å². The Hall–Kier alpha value is -2.04. The molecule has 0 radical (unpaired) electrons. The molecule has 0 fully saturated rings. The van der Waals surface area contributed by atoms with Crippen LogP contribution < -0.4 is 5.32 Å². The number of hydrogen-bond donors (Lipinski definition) is 2. The van der Waals surface area contributed by atoms with Crippen LogP contribution in [0.5, 0.6) is 0 Å². The highest BCUT2D eigenvalue weighted by Crippen LogP contribution is 2.16. The molecule has 0 aliphatic carbocycles. The molecule has 1 rings (SSSR count). The van der Waals surface area contributed by atoms with Gasteiger partial charge in [-0.05, 0) is 32.4 Å². The molecule has 0 atom stereocenters. The molecule has 104 valence electrons. The standard InChI is InChI=1S/C14H20N2O3/c1-4-9-16(10(2)3)14(19)15-12-8-6-5-7-11(12)13(17)18/h5-8,10H,4,9H2,1-3H3,(H,15,19)(H,17,18). The van der Waals surface area contributed by atoms with E-state index < -0.39 is 5.97 Å². The minimum Gasteiger partial charge on any atom is -0.478 e. The van der Waals surface area contributed by atoms with Crippen LogP contribution in [0.3, 0.4) is 0 Å². The summed E-state index contributed by atoms with van der Waals surface area (Å²) in [4.78, 5) is 24.9. The van der Waals surface area contributed by atoms with Crippen molar-refractivity contribution in [1.29, 1.82) is 0 Å². The molecule has 0 aliphatic heterocycles. The van der Waals surface area contributed by atoms with Gasteiger partial charge in [-0.2, -0.15) is 0 Å². The van der Waals surface area contributed by atoms with Crippen molar-refractivity contribution in [2.75, 3.05) is 11.9 Å². The smallest absolute Gasteiger partial charge is 0.337 e. The number of carboxylic acids is 1. The first-order chi connectivity index (χ1) is 8.97. The van der Waals surface area contributed by atoms with Gasteiger partial charge in [-0.25, -0.2) is 9.59 Å². The van der Waals surface area contributed by atoms with Crippen molar-refractivity contribution >= 4 is 17.7 Å². The Morgan fingerprint density at radius 2 is 1.95 bits per heavy atom. The van der Waals surface area contributed by atoms with Gasteiger partial charge >= 0.3 is 12.0 Å². The van der Waals surface area contributed by atoms with Gasteiger partial charge in [-0.3, -0.25) is 0 Å². The van der Waals surface area contributed by atoms with Crippen LogP contribution in [0.4, 0.5) is 10.5 Å². The first kappa shape index (κ1) is 15.0. The number of hydrogen-bond acceptors (Lipinski definition) is 2. The lowest BCUT2D eigenvalue weighted by molar-refractivity contribution is 0.0698. The zero-order chi connectivity index (χ0) is 14.4. The van der Waals surface area contributed by atoms with Gasteiger partial charge < -0.3 is 15.3 Å². The molecule has 19 heavy (non-hydrogen) atoms. The Balaban J connectivity index is 2.89. The van der Waals surface area contributed by atoms with Crippen LogP contribution in [0.25, 0.3) is 0 Å². The summed E-state index contributed by atoms with van der Waals surface area (Å²) in [5, 5.41) is 11.7. The second kappa shape index (κ2) is 6.78. The minimum atomic E-state index is -1.05. The average Bonchev–Trinajstić information content (AvgIpc) is 2.35. The topological polar surface area (TPSA) is 69.6 Å². The fourth-order valence-electron chi connectivity index (χ4n) is 1.80. The molecule has 1 aromatic carbocycles. The summed E-state index contributed by atoms with van der Waals surface area (Å²) in [6, 6.07) is 6.18. The zero-order valence-electron chi connectivity index (χ0n) is 11.5. The van der Waals surface area contributed by atoms with Gasteiger partial charge in [-0.15, -0.1) is 0 Å². The molecule has 0 heterocycles. The van der Waals surface area contributed by atoms with Crippen LogP contribution in [0.15, 0.2) is 24.3 Å². The third kappa shape index (κ3) is 3.98. The van der Waals surface area contributed by atoms with Crippen molar-refractivity contribution in [2.24, 2.45) is 0 Å². The van der Waals surface area contributed by atoms with Gasteiger partial charge in [0, 0.05) is 12.6 Å². The molecule has 0 unspecified atom stereocenters. The maximum absolute atomic E-state index is 12.1. The van der Waals surface area contributed by atoms with Crippen molar-refractivity contribution in [2.45, 2.75) is 33.2 Å². The number of rotatable bonds is 5. The molecule has 0 aliphatic rings. The summed E-state index contributed by atoms with van der Waals surface area (Å²) in [7, 11) is 0. The van der Waals surface area contributed by atoms with Crippen molar-refractivity contribution in [3.63, 3.8) is 0 Å². The number of benzene rings is 1. The predicted molar refractivity (Wildman–Crippen MR) is 74.6 cm³/mol. The van der Waals surface area contributed by atoms with Gasteiger partial charge in [0.15, 0.2) is 0 Å². The highest BCUT2D eigenvalue weighted by atomic mass is 16.4. The predicted octanol–water partition coefficient (Wildman–Crippen LogP) is 3.04. The maximum atomic E-state index is 12.1. The second-order valence-corrected chi connectivity index (χ2v) is 4.57. The zero-order valence-corrected chi connectivity index (χ0v) is 11.5. The number of urea groups is 1. The number of amides is 2. The summed E-state index contributed by atoms with van der Waals surface area (Å²) in [6.07, 6.45) is 0.853. The van der Waals surface area contributed by atoms with Crippen molar-refractivity contribution < 1.29 is 14.7 Å². The molecule has 5 heteroatoms. The Bertz CT molecular complexity index is 458. The molecule has 1 aromatic rings. The molecular weight excluding hydrogens is 244 g/mol. The van der Waals surface area contributed by atoms with E-state index in [1.54, 1.807) is 23.1 Å². The number of para-hydroxylation sites is 1. The third-order valence-corrected chi connectivity index (χ3v) is 2.75.